The second-order valence-corrected chi connectivity index (χ2v) is 10.2. The Labute approximate surface area is 226 Å². The number of terminal acetylenes is 1. The zero-order valence-corrected chi connectivity index (χ0v) is 24.3. The number of carbonyl (C=O) groups is 3. The molecule has 1 atom stereocenters. The van der Waals surface area contributed by atoms with Crippen molar-refractivity contribution in [3.63, 3.8) is 0 Å². The van der Waals surface area contributed by atoms with E-state index in [0.717, 1.165) is 58.2 Å². The summed E-state index contributed by atoms with van der Waals surface area (Å²) in [6, 6.07) is 0. The normalized spacial score (nSPS) is 12.9. The SMILES string of the molecule is C#CCCNC(=O)CCCC(=O)N[C@](CC)(CCCCCC)CNCCNCC(CC)(CC)NC(C)=O. The highest BCUT2D eigenvalue weighted by Crippen LogP contribution is 2.20. The molecule has 37 heavy (non-hydrogen) atoms. The number of amides is 3. The van der Waals surface area contributed by atoms with E-state index in [-0.39, 0.29) is 28.8 Å². The van der Waals surface area contributed by atoms with Gasteiger partial charge in [-0.1, -0.05) is 53.4 Å². The Kier molecular flexibility index (Phi) is 19.7. The monoisotopic (exact) mass is 521 g/mol. The minimum Gasteiger partial charge on any atom is -0.355 e. The van der Waals surface area contributed by atoms with E-state index in [0.29, 0.717) is 38.8 Å². The second-order valence-electron chi connectivity index (χ2n) is 10.2. The number of hydrogen-bond donors (Lipinski definition) is 5. The van der Waals surface area contributed by atoms with Gasteiger partial charge >= 0.3 is 0 Å². The number of rotatable bonds is 23. The van der Waals surface area contributed by atoms with E-state index in [1.165, 1.54) is 12.8 Å². The van der Waals surface area contributed by atoms with Gasteiger partial charge in [-0.25, -0.2) is 0 Å². The number of hydrogen-bond acceptors (Lipinski definition) is 5. The molecule has 0 aliphatic rings. The Morgan fingerprint density at radius 1 is 0.730 bits per heavy atom. The Morgan fingerprint density at radius 3 is 1.86 bits per heavy atom. The first kappa shape index (κ1) is 34.9. The van der Waals surface area contributed by atoms with Gasteiger partial charge in [0.15, 0.2) is 0 Å². The van der Waals surface area contributed by atoms with Crippen molar-refractivity contribution in [2.75, 3.05) is 32.7 Å². The first-order chi connectivity index (χ1) is 17.7. The summed E-state index contributed by atoms with van der Waals surface area (Å²) in [5.41, 5.74) is -0.517. The first-order valence-electron chi connectivity index (χ1n) is 14.4. The second kappa shape index (κ2) is 20.9. The fourth-order valence-electron chi connectivity index (χ4n) is 4.53. The molecule has 5 N–H and O–H groups in total. The predicted octanol–water partition coefficient (Wildman–Crippen LogP) is 3.41. The summed E-state index contributed by atoms with van der Waals surface area (Å²) >= 11 is 0. The van der Waals surface area contributed by atoms with Crippen LogP contribution in [0, 0.1) is 12.3 Å². The van der Waals surface area contributed by atoms with Crippen LogP contribution in [0.4, 0.5) is 0 Å². The van der Waals surface area contributed by atoms with E-state index in [1.54, 1.807) is 6.92 Å². The summed E-state index contributed by atoms with van der Waals surface area (Å²) in [6.45, 7) is 13.5. The molecule has 0 unspecified atom stereocenters. The average Bonchev–Trinajstić information content (AvgIpc) is 2.87. The van der Waals surface area contributed by atoms with Crippen LogP contribution in [0.15, 0.2) is 0 Å². The van der Waals surface area contributed by atoms with Crippen LogP contribution in [0.1, 0.15) is 112 Å². The lowest BCUT2D eigenvalue weighted by Crippen LogP contribution is -2.56. The van der Waals surface area contributed by atoms with Crippen LogP contribution in [0.3, 0.4) is 0 Å². The smallest absolute Gasteiger partial charge is 0.220 e. The lowest BCUT2D eigenvalue weighted by Gasteiger charge is -2.35. The van der Waals surface area contributed by atoms with Crippen LogP contribution in [0.2, 0.25) is 0 Å². The molecule has 0 bridgehead atoms. The van der Waals surface area contributed by atoms with Crippen LogP contribution in [-0.4, -0.2) is 61.5 Å². The van der Waals surface area contributed by atoms with Gasteiger partial charge < -0.3 is 26.6 Å². The maximum absolute atomic E-state index is 12.8. The number of unbranched alkanes of at least 4 members (excludes halogenated alkanes) is 3. The highest BCUT2D eigenvalue weighted by atomic mass is 16.2. The summed E-state index contributed by atoms with van der Waals surface area (Å²) in [5, 5.41) is 16.2. The van der Waals surface area contributed by atoms with Crippen LogP contribution in [0.25, 0.3) is 0 Å². The molecule has 0 aliphatic carbocycles. The van der Waals surface area contributed by atoms with Gasteiger partial charge in [0.05, 0.1) is 11.1 Å². The molecule has 0 saturated heterocycles. The average molecular weight is 522 g/mol. The van der Waals surface area contributed by atoms with Crippen LogP contribution < -0.4 is 26.6 Å². The number of carbonyl (C=O) groups excluding carboxylic acids is 3. The topological polar surface area (TPSA) is 111 Å². The molecular weight excluding hydrogens is 466 g/mol. The molecular formula is C29H55N5O3. The molecule has 0 aromatic heterocycles. The molecule has 214 valence electrons. The van der Waals surface area contributed by atoms with Crippen molar-refractivity contribution in [2.24, 2.45) is 0 Å². The summed E-state index contributed by atoms with van der Waals surface area (Å²) in [6.07, 6.45) is 15.0. The molecule has 3 amide bonds. The van der Waals surface area contributed by atoms with Crippen LogP contribution >= 0.6 is 0 Å². The zero-order valence-electron chi connectivity index (χ0n) is 24.3. The standard InChI is InChI=1S/C29H55N5O3/c1-7-12-14-15-19-29(11-5,34-27(37)18-16-17-26(36)32-20-13-8-2)24-31-22-21-30-23-28(9-3,10-4)33-25(6)35/h2,30-31H,7,9-24H2,1,3-6H3,(H,32,36)(H,33,35)(H,34,37)/t29-/m1/s1. The molecule has 0 aliphatic heterocycles. The Morgan fingerprint density at radius 2 is 1.32 bits per heavy atom. The fraction of sp³-hybridized carbons (Fsp3) is 0.828. The molecule has 8 nitrogen and oxygen atoms in total. The van der Waals surface area contributed by atoms with Gasteiger partial charge in [0.25, 0.3) is 0 Å². The van der Waals surface area contributed by atoms with Crippen molar-refractivity contribution < 1.29 is 14.4 Å². The van der Waals surface area contributed by atoms with E-state index in [2.05, 4.69) is 60.2 Å². The summed E-state index contributed by atoms with van der Waals surface area (Å²) in [4.78, 5) is 36.3. The van der Waals surface area contributed by atoms with E-state index < -0.39 is 0 Å². The lowest BCUT2D eigenvalue weighted by molar-refractivity contribution is -0.124. The fourth-order valence-corrected chi connectivity index (χ4v) is 4.53. The molecule has 0 rings (SSSR count). The molecule has 0 aromatic rings. The molecule has 0 saturated carbocycles. The van der Waals surface area contributed by atoms with Crippen molar-refractivity contribution >= 4 is 17.7 Å². The highest BCUT2D eigenvalue weighted by molar-refractivity contribution is 5.79. The van der Waals surface area contributed by atoms with E-state index >= 15 is 0 Å². The Bertz CT molecular complexity index is 688. The van der Waals surface area contributed by atoms with Gasteiger partial charge in [-0.05, 0) is 32.1 Å². The lowest BCUT2D eigenvalue weighted by atomic mass is 9.88. The summed E-state index contributed by atoms with van der Waals surface area (Å²) in [7, 11) is 0. The van der Waals surface area contributed by atoms with E-state index in [9.17, 15) is 14.4 Å². The molecule has 0 spiro atoms. The van der Waals surface area contributed by atoms with Crippen molar-refractivity contribution in [3.8, 4) is 12.3 Å². The van der Waals surface area contributed by atoms with Crippen molar-refractivity contribution in [1.29, 1.82) is 0 Å². The quantitative estimate of drug-likeness (QED) is 0.105. The summed E-state index contributed by atoms with van der Waals surface area (Å²) in [5.74, 6) is 2.43. The maximum atomic E-state index is 12.8. The predicted molar refractivity (Wildman–Crippen MR) is 153 cm³/mol. The van der Waals surface area contributed by atoms with Crippen molar-refractivity contribution in [3.05, 3.63) is 0 Å². The third-order valence-corrected chi connectivity index (χ3v) is 7.19. The first-order valence-corrected chi connectivity index (χ1v) is 14.4. The van der Waals surface area contributed by atoms with Crippen LogP contribution in [-0.2, 0) is 14.4 Å². The van der Waals surface area contributed by atoms with Crippen LogP contribution in [0.5, 0.6) is 0 Å². The van der Waals surface area contributed by atoms with Gasteiger partial charge in [-0.15, -0.1) is 12.3 Å². The van der Waals surface area contributed by atoms with Crippen molar-refractivity contribution in [2.45, 2.75) is 123 Å². The van der Waals surface area contributed by atoms with Crippen molar-refractivity contribution in [1.82, 2.24) is 26.6 Å². The molecule has 0 radical (unpaired) electrons. The van der Waals surface area contributed by atoms with Gasteiger partial charge in [0, 0.05) is 58.9 Å². The summed E-state index contributed by atoms with van der Waals surface area (Å²) < 4.78 is 0. The van der Waals surface area contributed by atoms with Gasteiger partial charge in [0.1, 0.15) is 0 Å². The largest absolute Gasteiger partial charge is 0.355 e. The minimum atomic E-state index is -0.299. The Hall–Kier alpha value is -2.11. The van der Waals surface area contributed by atoms with E-state index in [1.807, 2.05) is 0 Å². The molecule has 0 aromatic carbocycles. The third kappa shape index (κ3) is 16.4. The third-order valence-electron chi connectivity index (χ3n) is 7.19. The van der Waals surface area contributed by atoms with Gasteiger partial charge in [-0.2, -0.15) is 0 Å². The number of nitrogens with one attached hydrogen (secondary N) is 5. The maximum Gasteiger partial charge on any atom is 0.220 e. The molecule has 8 heteroatoms. The highest BCUT2D eigenvalue weighted by Gasteiger charge is 2.29. The minimum absolute atomic E-state index is 0.000284. The molecule has 0 heterocycles. The Balaban J connectivity index is 4.75. The molecule has 0 fully saturated rings. The van der Waals surface area contributed by atoms with E-state index in [4.69, 9.17) is 6.42 Å². The van der Waals surface area contributed by atoms with Gasteiger partial charge in [0.2, 0.25) is 17.7 Å². The zero-order chi connectivity index (χ0) is 28.0. The van der Waals surface area contributed by atoms with Gasteiger partial charge in [-0.3, -0.25) is 14.4 Å².